The summed E-state index contributed by atoms with van der Waals surface area (Å²) in [6.07, 6.45) is 5.65. The summed E-state index contributed by atoms with van der Waals surface area (Å²) in [5, 5.41) is 7.66. The van der Waals surface area contributed by atoms with Gasteiger partial charge in [0.15, 0.2) is 0 Å². The highest BCUT2D eigenvalue weighted by atomic mass is 79.9. The second-order valence-electron chi connectivity index (χ2n) is 5.92. The van der Waals surface area contributed by atoms with E-state index in [0.717, 1.165) is 41.4 Å². The maximum atomic E-state index is 12.5. The number of carbonyl (C=O) groups is 2. The van der Waals surface area contributed by atoms with Crippen molar-refractivity contribution in [3.8, 4) is 0 Å². The quantitative estimate of drug-likeness (QED) is 0.740. The predicted molar refractivity (Wildman–Crippen MR) is 100 cm³/mol. The van der Waals surface area contributed by atoms with Crippen LogP contribution in [0.1, 0.15) is 46.3 Å². The molecule has 1 aliphatic rings. The molecule has 1 aliphatic carbocycles. The number of nitrogens with zero attached hydrogens (tertiary/aromatic N) is 2. The molecular formula is C17H20BrN3O3S. The fourth-order valence-corrected chi connectivity index (χ4v) is 4.55. The Balaban J connectivity index is 1.83. The minimum Gasteiger partial charge on any atom is -0.462 e. The van der Waals surface area contributed by atoms with Crippen LogP contribution in [0.4, 0.5) is 5.00 Å². The third-order valence-electron chi connectivity index (χ3n) is 4.24. The molecule has 2 heterocycles. The first-order chi connectivity index (χ1) is 12.0. The molecule has 134 valence electrons. The monoisotopic (exact) mass is 425 g/mol. The highest BCUT2D eigenvalue weighted by Crippen LogP contribution is 2.38. The van der Waals surface area contributed by atoms with Crippen LogP contribution in [0.2, 0.25) is 0 Å². The van der Waals surface area contributed by atoms with Gasteiger partial charge in [-0.05, 0) is 61.0 Å². The number of fused-ring (bicyclic) bond motifs is 1. The zero-order valence-electron chi connectivity index (χ0n) is 14.2. The van der Waals surface area contributed by atoms with Gasteiger partial charge in [0.1, 0.15) is 11.5 Å². The van der Waals surface area contributed by atoms with Crippen molar-refractivity contribution in [2.45, 2.75) is 46.1 Å². The molecule has 0 unspecified atom stereocenters. The first-order valence-corrected chi connectivity index (χ1v) is 9.91. The summed E-state index contributed by atoms with van der Waals surface area (Å²) in [5.74, 6) is -0.557. The molecule has 0 aromatic carbocycles. The molecule has 6 nitrogen and oxygen atoms in total. The number of hydrogen-bond donors (Lipinski definition) is 1. The Bertz CT molecular complexity index is 812. The lowest BCUT2D eigenvalue weighted by atomic mass is 9.95. The van der Waals surface area contributed by atoms with Crippen LogP contribution in [0.25, 0.3) is 0 Å². The molecule has 0 saturated carbocycles. The summed E-state index contributed by atoms with van der Waals surface area (Å²) >= 11 is 4.88. The van der Waals surface area contributed by atoms with E-state index in [9.17, 15) is 9.59 Å². The van der Waals surface area contributed by atoms with Crippen LogP contribution < -0.4 is 5.32 Å². The molecule has 0 radical (unpaired) electrons. The van der Waals surface area contributed by atoms with Gasteiger partial charge in [0, 0.05) is 4.88 Å². The summed E-state index contributed by atoms with van der Waals surface area (Å²) in [6, 6.07) is 0. The number of ether oxygens (including phenoxy) is 1. The number of carbonyl (C=O) groups excluding carboxylic acids is 2. The third kappa shape index (κ3) is 3.79. The average molecular weight is 426 g/mol. The van der Waals surface area contributed by atoms with Gasteiger partial charge in [0.25, 0.3) is 0 Å². The Morgan fingerprint density at radius 3 is 2.84 bits per heavy atom. The largest absolute Gasteiger partial charge is 0.462 e. The Morgan fingerprint density at radius 2 is 2.16 bits per heavy atom. The molecule has 2 aromatic rings. The number of anilines is 1. The van der Waals surface area contributed by atoms with E-state index in [1.54, 1.807) is 17.8 Å². The van der Waals surface area contributed by atoms with Crippen molar-refractivity contribution in [2.24, 2.45) is 0 Å². The standard InChI is InChI=1S/C17H20BrN3O3S/c1-3-24-17(23)15-11-6-4-5-7-13(11)25-16(15)20-14(22)9-21-10(2)12(18)8-19-21/h8H,3-7,9H2,1-2H3,(H,20,22). The van der Waals surface area contributed by atoms with Crippen molar-refractivity contribution in [1.82, 2.24) is 9.78 Å². The molecule has 0 saturated heterocycles. The summed E-state index contributed by atoms with van der Waals surface area (Å²) < 4.78 is 7.69. The van der Waals surface area contributed by atoms with Crippen molar-refractivity contribution < 1.29 is 14.3 Å². The lowest BCUT2D eigenvalue weighted by Crippen LogP contribution is -2.21. The number of amides is 1. The van der Waals surface area contributed by atoms with Crippen molar-refractivity contribution in [1.29, 1.82) is 0 Å². The van der Waals surface area contributed by atoms with Gasteiger partial charge in [-0.15, -0.1) is 11.3 Å². The minimum absolute atomic E-state index is 0.0995. The van der Waals surface area contributed by atoms with Gasteiger partial charge in [0.05, 0.1) is 28.5 Å². The second-order valence-corrected chi connectivity index (χ2v) is 7.88. The maximum absolute atomic E-state index is 12.5. The van der Waals surface area contributed by atoms with E-state index in [-0.39, 0.29) is 18.4 Å². The Labute approximate surface area is 158 Å². The van der Waals surface area contributed by atoms with Gasteiger partial charge in [-0.2, -0.15) is 5.10 Å². The van der Waals surface area contributed by atoms with Crippen LogP contribution >= 0.6 is 27.3 Å². The van der Waals surface area contributed by atoms with E-state index < -0.39 is 0 Å². The number of thiophene rings is 1. The van der Waals surface area contributed by atoms with E-state index >= 15 is 0 Å². The van der Waals surface area contributed by atoms with Gasteiger partial charge in [0.2, 0.25) is 5.91 Å². The molecule has 2 aromatic heterocycles. The lowest BCUT2D eigenvalue weighted by molar-refractivity contribution is -0.116. The molecule has 1 amide bonds. The van der Waals surface area contributed by atoms with Crippen LogP contribution in [0.15, 0.2) is 10.7 Å². The van der Waals surface area contributed by atoms with Gasteiger partial charge < -0.3 is 10.1 Å². The summed E-state index contributed by atoms with van der Waals surface area (Å²) in [7, 11) is 0. The number of nitrogens with one attached hydrogen (secondary N) is 1. The lowest BCUT2D eigenvalue weighted by Gasteiger charge is -2.12. The van der Waals surface area contributed by atoms with E-state index in [2.05, 4.69) is 26.3 Å². The second kappa shape index (κ2) is 7.70. The van der Waals surface area contributed by atoms with Gasteiger partial charge in [-0.1, -0.05) is 0 Å². The number of esters is 1. The van der Waals surface area contributed by atoms with E-state index in [1.165, 1.54) is 16.2 Å². The fraction of sp³-hybridized carbons (Fsp3) is 0.471. The van der Waals surface area contributed by atoms with Crippen molar-refractivity contribution >= 4 is 44.1 Å². The van der Waals surface area contributed by atoms with Crippen molar-refractivity contribution in [3.05, 3.63) is 32.4 Å². The zero-order valence-corrected chi connectivity index (χ0v) is 16.6. The molecule has 3 rings (SSSR count). The number of aryl methyl sites for hydroxylation is 1. The molecular weight excluding hydrogens is 406 g/mol. The predicted octanol–water partition coefficient (Wildman–Crippen LogP) is 3.71. The first kappa shape index (κ1) is 18.1. The summed E-state index contributed by atoms with van der Waals surface area (Å²) in [5.41, 5.74) is 2.46. The van der Waals surface area contributed by atoms with E-state index in [4.69, 9.17) is 4.74 Å². The van der Waals surface area contributed by atoms with Crippen LogP contribution in [-0.2, 0) is 28.9 Å². The minimum atomic E-state index is -0.352. The van der Waals surface area contributed by atoms with Gasteiger partial charge in [-0.3, -0.25) is 9.48 Å². The fourth-order valence-electron chi connectivity index (χ4n) is 2.96. The summed E-state index contributed by atoms with van der Waals surface area (Å²) in [4.78, 5) is 26.0. The number of aromatic nitrogens is 2. The molecule has 8 heteroatoms. The molecule has 0 bridgehead atoms. The number of rotatable bonds is 5. The molecule has 25 heavy (non-hydrogen) atoms. The van der Waals surface area contributed by atoms with Crippen LogP contribution in [-0.4, -0.2) is 28.3 Å². The summed E-state index contributed by atoms with van der Waals surface area (Å²) in [6.45, 7) is 4.09. The zero-order chi connectivity index (χ0) is 18.0. The Hall–Kier alpha value is -1.67. The van der Waals surface area contributed by atoms with Gasteiger partial charge in [-0.25, -0.2) is 4.79 Å². The first-order valence-electron chi connectivity index (χ1n) is 8.30. The highest BCUT2D eigenvalue weighted by Gasteiger charge is 2.27. The topological polar surface area (TPSA) is 73.2 Å². The molecule has 0 aliphatic heterocycles. The van der Waals surface area contributed by atoms with E-state index in [0.29, 0.717) is 17.2 Å². The SMILES string of the molecule is CCOC(=O)c1c(NC(=O)Cn2ncc(Br)c2C)sc2c1CCCC2. The molecule has 0 atom stereocenters. The van der Waals surface area contributed by atoms with Crippen molar-refractivity contribution in [2.75, 3.05) is 11.9 Å². The Kier molecular flexibility index (Phi) is 5.58. The van der Waals surface area contributed by atoms with Gasteiger partial charge >= 0.3 is 5.97 Å². The molecule has 0 spiro atoms. The van der Waals surface area contributed by atoms with Crippen LogP contribution in [0.3, 0.4) is 0 Å². The van der Waals surface area contributed by atoms with Crippen LogP contribution in [0.5, 0.6) is 0 Å². The normalized spacial score (nSPS) is 13.4. The highest BCUT2D eigenvalue weighted by molar-refractivity contribution is 9.10. The maximum Gasteiger partial charge on any atom is 0.341 e. The third-order valence-corrected chi connectivity index (χ3v) is 6.23. The average Bonchev–Trinajstić information content (AvgIpc) is 3.09. The molecule has 1 N–H and O–H groups in total. The van der Waals surface area contributed by atoms with E-state index in [1.807, 2.05) is 6.92 Å². The number of halogens is 1. The van der Waals surface area contributed by atoms with Crippen LogP contribution in [0, 0.1) is 6.92 Å². The van der Waals surface area contributed by atoms with Crippen molar-refractivity contribution in [3.63, 3.8) is 0 Å². The smallest absolute Gasteiger partial charge is 0.341 e. The Morgan fingerprint density at radius 1 is 1.40 bits per heavy atom. The number of hydrogen-bond acceptors (Lipinski definition) is 5. The molecule has 0 fully saturated rings.